The van der Waals surface area contributed by atoms with E-state index in [4.69, 9.17) is 5.11 Å². The highest BCUT2D eigenvalue weighted by molar-refractivity contribution is 5.96. The van der Waals surface area contributed by atoms with Gasteiger partial charge in [-0.2, -0.15) is 5.10 Å². The van der Waals surface area contributed by atoms with E-state index in [1.54, 1.807) is 29.2 Å². The van der Waals surface area contributed by atoms with Crippen LogP contribution in [-0.4, -0.2) is 39.2 Å². The van der Waals surface area contributed by atoms with E-state index in [9.17, 15) is 18.4 Å². The van der Waals surface area contributed by atoms with Crippen LogP contribution in [0.4, 0.5) is 8.78 Å². The van der Waals surface area contributed by atoms with Gasteiger partial charge in [-0.25, -0.2) is 18.3 Å². The third kappa shape index (κ3) is 4.35. The van der Waals surface area contributed by atoms with Crippen molar-refractivity contribution in [2.24, 2.45) is 0 Å². The number of rotatable bonds is 6. The quantitative estimate of drug-likeness (QED) is 0.852. The molecule has 0 fully saturated rings. The Kier molecular flexibility index (Phi) is 5.05. The molecule has 0 saturated heterocycles. The lowest BCUT2D eigenvalue weighted by molar-refractivity contribution is -0.140. The van der Waals surface area contributed by atoms with Gasteiger partial charge in [-0.1, -0.05) is 0 Å². The second-order valence-corrected chi connectivity index (χ2v) is 5.00. The number of carbonyl (C=O) groups excluding carboxylic acids is 1. The van der Waals surface area contributed by atoms with Gasteiger partial charge >= 0.3 is 5.97 Å². The van der Waals surface area contributed by atoms with Crippen LogP contribution in [0.25, 0.3) is 5.69 Å². The van der Waals surface area contributed by atoms with Crippen LogP contribution in [0.5, 0.6) is 0 Å². The van der Waals surface area contributed by atoms with Crippen molar-refractivity contribution in [3.05, 3.63) is 47.8 Å². The molecule has 1 atom stereocenters. The monoisotopic (exact) mass is 323 g/mol. The number of aryl methyl sites for hydroxylation is 1. The number of alkyl halides is 2. The Morgan fingerprint density at radius 3 is 2.43 bits per heavy atom. The first kappa shape index (κ1) is 16.6. The highest BCUT2D eigenvalue weighted by atomic mass is 19.3. The zero-order valence-electron chi connectivity index (χ0n) is 12.2. The minimum absolute atomic E-state index is 0.179. The summed E-state index contributed by atoms with van der Waals surface area (Å²) in [5, 5.41) is 15.1. The van der Waals surface area contributed by atoms with Crippen molar-refractivity contribution in [3.63, 3.8) is 0 Å². The summed E-state index contributed by atoms with van der Waals surface area (Å²) < 4.78 is 26.3. The van der Waals surface area contributed by atoms with Gasteiger partial charge in [0.1, 0.15) is 6.04 Å². The maximum Gasteiger partial charge on any atom is 0.326 e. The van der Waals surface area contributed by atoms with E-state index in [1.165, 1.54) is 12.1 Å². The number of aromatic nitrogens is 2. The van der Waals surface area contributed by atoms with E-state index >= 15 is 0 Å². The second kappa shape index (κ2) is 6.99. The van der Waals surface area contributed by atoms with Gasteiger partial charge < -0.3 is 10.4 Å². The Balaban J connectivity index is 2.09. The van der Waals surface area contributed by atoms with E-state index in [-0.39, 0.29) is 5.56 Å². The Morgan fingerprint density at radius 1 is 1.30 bits per heavy atom. The minimum Gasteiger partial charge on any atom is -0.480 e. The molecule has 1 aromatic heterocycles. The number of halogens is 2. The molecule has 0 radical (unpaired) electrons. The lowest BCUT2D eigenvalue weighted by Gasteiger charge is -2.14. The highest BCUT2D eigenvalue weighted by Gasteiger charge is 2.24. The highest BCUT2D eigenvalue weighted by Crippen LogP contribution is 2.11. The number of nitrogens with zero attached hydrogens (tertiary/aromatic N) is 2. The molecule has 2 N–H and O–H groups in total. The van der Waals surface area contributed by atoms with Gasteiger partial charge in [0.05, 0.1) is 11.9 Å². The Hall–Kier alpha value is -2.77. The third-order valence-corrected chi connectivity index (χ3v) is 3.12. The number of hydrogen-bond donors (Lipinski definition) is 2. The van der Waals surface area contributed by atoms with Crippen LogP contribution in [-0.2, 0) is 4.79 Å². The molecule has 23 heavy (non-hydrogen) atoms. The van der Waals surface area contributed by atoms with Gasteiger partial charge in [-0.05, 0) is 36.8 Å². The van der Waals surface area contributed by atoms with Crippen LogP contribution in [0.3, 0.4) is 0 Å². The molecule has 6 nitrogen and oxygen atoms in total. The first-order valence-electron chi connectivity index (χ1n) is 6.80. The fourth-order valence-corrected chi connectivity index (χ4v) is 1.96. The Bertz CT molecular complexity index is 698. The molecule has 0 aliphatic heterocycles. The largest absolute Gasteiger partial charge is 0.480 e. The predicted octanol–water partition coefficient (Wildman–Crippen LogP) is 2.02. The van der Waals surface area contributed by atoms with Gasteiger partial charge in [0, 0.05) is 18.2 Å². The van der Waals surface area contributed by atoms with Crippen LogP contribution >= 0.6 is 0 Å². The van der Waals surface area contributed by atoms with E-state index in [1.807, 2.05) is 6.92 Å². The van der Waals surface area contributed by atoms with Gasteiger partial charge in [0.15, 0.2) is 0 Å². The Morgan fingerprint density at radius 2 is 1.96 bits per heavy atom. The van der Waals surface area contributed by atoms with Crippen LogP contribution in [0.2, 0.25) is 0 Å². The zero-order valence-corrected chi connectivity index (χ0v) is 12.2. The lowest BCUT2D eigenvalue weighted by Crippen LogP contribution is -2.42. The smallest absolute Gasteiger partial charge is 0.326 e. The van der Waals surface area contributed by atoms with Crippen molar-refractivity contribution in [3.8, 4) is 5.69 Å². The summed E-state index contributed by atoms with van der Waals surface area (Å²) in [5.74, 6) is -2.22. The summed E-state index contributed by atoms with van der Waals surface area (Å²) in [6.45, 7) is 1.89. The molecule has 1 unspecified atom stereocenters. The number of carboxylic acids is 1. The fourth-order valence-electron chi connectivity index (χ4n) is 1.96. The van der Waals surface area contributed by atoms with Crippen molar-refractivity contribution in [1.29, 1.82) is 0 Å². The summed E-state index contributed by atoms with van der Waals surface area (Å²) in [4.78, 5) is 22.8. The van der Waals surface area contributed by atoms with Gasteiger partial charge in [0.25, 0.3) is 5.91 Å². The van der Waals surface area contributed by atoms with E-state index in [2.05, 4.69) is 10.4 Å². The molecule has 0 spiro atoms. The molecule has 2 rings (SSSR count). The maximum absolute atomic E-state index is 12.3. The fraction of sp³-hybridized carbons (Fsp3) is 0.267. The van der Waals surface area contributed by atoms with Crippen molar-refractivity contribution in [2.45, 2.75) is 25.8 Å². The molecule has 2 aromatic rings. The van der Waals surface area contributed by atoms with Crippen LogP contribution in [0.15, 0.2) is 36.7 Å². The summed E-state index contributed by atoms with van der Waals surface area (Å²) >= 11 is 0. The first-order chi connectivity index (χ1) is 10.9. The predicted molar refractivity (Wildman–Crippen MR) is 77.8 cm³/mol. The van der Waals surface area contributed by atoms with Gasteiger partial charge in [-0.15, -0.1) is 0 Å². The number of nitrogens with one attached hydrogen (secondary N) is 1. The zero-order chi connectivity index (χ0) is 17.0. The van der Waals surface area contributed by atoms with E-state index < -0.39 is 30.8 Å². The number of amides is 1. The number of carboxylic acid groups (broad SMARTS) is 1. The third-order valence-electron chi connectivity index (χ3n) is 3.12. The molecular formula is C15H15F2N3O3. The van der Waals surface area contributed by atoms with Crippen LogP contribution < -0.4 is 5.32 Å². The summed E-state index contributed by atoms with van der Waals surface area (Å²) in [5.41, 5.74) is 1.87. The molecule has 0 saturated carbocycles. The Labute approximate surface area is 130 Å². The van der Waals surface area contributed by atoms with Crippen molar-refractivity contribution < 1.29 is 23.5 Å². The molecule has 1 heterocycles. The van der Waals surface area contributed by atoms with Crippen LogP contribution in [0.1, 0.15) is 22.3 Å². The normalized spacial score (nSPS) is 12.2. The van der Waals surface area contributed by atoms with Gasteiger partial charge in [-0.3, -0.25) is 4.79 Å². The van der Waals surface area contributed by atoms with Crippen molar-refractivity contribution >= 4 is 11.9 Å². The topological polar surface area (TPSA) is 84.2 Å². The molecule has 1 aromatic carbocycles. The second-order valence-electron chi connectivity index (χ2n) is 5.00. The molecule has 0 aliphatic rings. The average Bonchev–Trinajstić information content (AvgIpc) is 2.92. The van der Waals surface area contributed by atoms with Gasteiger partial charge in [0.2, 0.25) is 6.43 Å². The number of benzene rings is 1. The SMILES string of the molecule is Cc1cnn(-c2ccc(C(=O)NC(CC(F)F)C(=O)O)cc2)c1. The number of aliphatic carboxylic acids is 1. The first-order valence-corrected chi connectivity index (χ1v) is 6.80. The molecule has 0 aliphatic carbocycles. The van der Waals surface area contributed by atoms with E-state index in [0.29, 0.717) is 0 Å². The number of hydrogen-bond acceptors (Lipinski definition) is 3. The lowest BCUT2D eigenvalue weighted by atomic mass is 10.1. The molecule has 1 amide bonds. The minimum atomic E-state index is -2.82. The molecular weight excluding hydrogens is 308 g/mol. The maximum atomic E-state index is 12.3. The summed E-state index contributed by atoms with van der Waals surface area (Å²) in [6, 6.07) is 4.58. The number of carbonyl (C=O) groups is 2. The van der Waals surface area contributed by atoms with Crippen molar-refractivity contribution in [1.82, 2.24) is 15.1 Å². The molecule has 0 bridgehead atoms. The van der Waals surface area contributed by atoms with E-state index in [0.717, 1.165) is 11.3 Å². The molecule has 8 heteroatoms. The summed E-state index contributed by atoms with van der Waals surface area (Å²) in [7, 11) is 0. The van der Waals surface area contributed by atoms with Crippen LogP contribution in [0, 0.1) is 6.92 Å². The average molecular weight is 323 g/mol. The molecule has 122 valence electrons. The standard InChI is InChI=1S/C15H15F2N3O3/c1-9-7-18-20(8-9)11-4-2-10(3-5-11)14(21)19-12(15(22)23)6-13(16)17/h2-5,7-8,12-13H,6H2,1H3,(H,19,21)(H,22,23). The summed E-state index contributed by atoms with van der Waals surface area (Å²) in [6.07, 6.45) is -0.270. The van der Waals surface area contributed by atoms with Crippen molar-refractivity contribution in [2.75, 3.05) is 0 Å².